The highest BCUT2D eigenvalue weighted by atomic mass is 16.6. The first kappa shape index (κ1) is 20.2. The number of nitro groups is 2. The van der Waals surface area contributed by atoms with Gasteiger partial charge in [-0.1, -0.05) is 29.8 Å². The van der Waals surface area contributed by atoms with Gasteiger partial charge in [-0.05, 0) is 37.6 Å². The van der Waals surface area contributed by atoms with E-state index in [1.807, 2.05) is 56.3 Å². The molecule has 5 rings (SSSR count). The highest BCUT2D eigenvalue weighted by Gasteiger charge is 2.23. The van der Waals surface area contributed by atoms with E-state index in [4.69, 9.17) is 4.98 Å². The molecule has 0 atom stereocenters. The molecule has 0 spiro atoms. The number of aryl methyl sites for hydroxylation is 2. The summed E-state index contributed by atoms with van der Waals surface area (Å²) in [7, 11) is 0. The van der Waals surface area contributed by atoms with Crippen LogP contribution in [-0.4, -0.2) is 29.4 Å². The van der Waals surface area contributed by atoms with Crippen molar-refractivity contribution in [3.63, 3.8) is 0 Å². The number of non-ortho nitro benzene ring substituents is 2. The third-order valence-corrected chi connectivity index (χ3v) is 5.35. The lowest BCUT2D eigenvalue weighted by atomic mass is 10.1. The molecule has 0 saturated carbocycles. The minimum atomic E-state index is -0.661. The van der Waals surface area contributed by atoms with Gasteiger partial charge in [-0.15, -0.1) is 0 Å². The molecular formula is C23H16N6O4. The molecular weight excluding hydrogens is 424 g/mol. The fourth-order valence-corrected chi connectivity index (χ4v) is 3.87. The lowest BCUT2D eigenvalue weighted by Crippen LogP contribution is -2.03. The van der Waals surface area contributed by atoms with Gasteiger partial charge in [0, 0.05) is 17.7 Å². The van der Waals surface area contributed by atoms with E-state index in [9.17, 15) is 20.2 Å². The summed E-state index contributed by atoms with van der Waals surface area (Å²) >= 11 is 0. The first-order valence-electron chi connectivity index (χ1n) is 9.99. The number of nitrogens with zero attached hydrogens (tertiary/aromatic N) is 6. The number of aromatic nitrogens is 4. The van der Waals surface area contributed by atoms with Crippen molar-refractivity contribution in [2.75, 3.05) is 0 Å². The van der Waals surface area contributed by atoms with Crippen LogP contribution in [-0.2, 0) is 0 Å². The fraction of sp³-hybridized carbons (Fsp3) is 0.0870. The molecule has 5 aromatic rings. The summed E-state index contributed by atoms with van der Waals surface area (Å²) in [6.07, 6.45) is 0. The maximum Gasteiger partial charge on any atom is 0.277 e. The van der Waals surface area contributed by atoms with Crippen LogP contribution in [0.3, 0.4) is 0 Å². The Bertz CT molecular complexity index is 1580. The van der Waals surface area contributed by atoms with Crippen molar-refractivity contribution in [3.05, 3.63) is 92.0 Å². The van der Waals surface area contributed by atoms with E-state index in [-0.39, 0.29) is 11.4 Å². The first-order valence-corrected chi connectivity index (χ1v) is 9.99. The predicted molar refractivity (Wildman–Crippen MR) is 122 cm³/mol. The van der Waals surface area contributed by atoms with Crippen LogP contribution < -0.4 is 0 Å². The summed E-state index contributed by atoms with van der Waals surface area (Å²) in [5.74, 6) is 0.277. The lowest BCUT2D eigenvalue weighted by molar-refractivity contribution is -0.394. The highest BCUT2D eigenvalue weighted by molar-refractivity contribution is 5.86. The van der Waals surface area contributed by atoms with Crippen molar-refractivity contribution < 1.29 is 9.85 Å². The van der Waals surface area contributed by atoms with Gasteiger partial charge in [0.2, 0.25) is 0 Å². The Balaban J connectivity index is 1.90. The maximum atomic E-state index is 11.5. The third kappa shape index (κ3) is 3.43. The van der Waals surface area contributed by atoms with Gasteiger partial charge in [0.05, 0.1) is 32.6 Å². The van der Waals surface area contributed by atoms with Gasteiger partial charge in [0.1, 0.15) is 5.82 Å². The summed E-state index contributed by atoms with van der Waals surface area (Å²) in [5.41, 5.74) is 4.24. The molecule has 0 bridgehead atoms. The number of nitro benzene ring substituents is 2. The van der Waals surface area contributed by atoms with Crippen LogP contribution in [0.2, 0.25) is 0 Å². The Morgan fingerprint density at radius 2 is 1.42 bits per heavy atom. The van der Waals surface area contributed by atoms with Gasteiger partial charge in [-0.2, -0.15) is 0 Å². The smallest absolute Gasteiger partial charge is 0.275 e. The maximum absolute atomic E-state index is 11.5. The van der Waals surface area contributed by atoms with E-state index in [2.05, 4.69) is 9.97 Å². The number of para-hydroxylation sites is 2. The molecule has 0 aliphatic carbocycles. The van der Waals surface area contributed by atoms with Gasteiger partial charge in [-0.3, -0.25) is 24.8 Å². The zero-order valence-corrected chi connectivity index (χ0v) is 17.6. The van der Waals surface area contributed by atoms with Crippen molar-refractivity contribution in [2.24, 2.45) is 0 Å². The van der Waals surface area contributed by atoms with Crippen LogP contribution in [0.1, 0.15) is 11.1 Å². The monoisotopic (exact) mass is 440 g/mol. The molecule has 0 fully saturated rings. The summed E-state index contributed by atoms with van der Waals surface area (Å²) in [5, 5.41) is 22.9. The number of imidazole rings is 1. The molecule has 3 aromatic carbocycles. The largest absolute Gasteiger partial charge is 0.277 e. The van der Waals surface area contributed by atoms with Gasteiger partial charge in [0.25, 0.3) is 11.4 Å². The molecule has 0 unspecified atom stereocenters. The molecule has 2 heterocycles. The molecule has 33 heavy (non-hydrogen) atoms. The normalized spacial score (nSPS) is 11.2. The number of hydrogen-bond acceptors (Lipinski definition) is 7. The van der Waals surface area contributed by atoms with E-state index in [1.54, 1.807) is 4.57 Å². The minimum Gasteiger partial charge on any atom is -0.275 e. The van der Waals surface area contributed by atoms with E-state index in [0.29, 0.717) is 22.3 Å². The first-order chi connectivity index (χ1) is 15.8. The van der Waals surface area contributed by atoms with Crippen LogP contribution in [0.5, 0.6) is 0 Å². The molecule has 162 valence electrons. The second-order valence-corrected chi connectivity index (χ2v) is 7.67. The van der Waals surface area contributed by atoms with E-state index in [1.165, 1.54) is 12.1 Å². The van der Waals surface area contributed by atoms with Crippen LogP contribution in [0.15, 0.2) is 60.7 Å². The van der Waals surface area contributed by atoms with Gasteiger partial charge in [0.15, 0.2) is 11.3 Å². The number of benzene rings is 3. The number of fused-ring (bicyclic) bond motifs is 2. The topological polar surface area (TPSA) is 130 Å². The molecule has 0 aliphatic heterocycles. The Morgan fingerprint density at radius 3 is 2.03 bits per heavy atom. The molecule has 0 N–H and O–H groups in total. The minimum absolute atomic E-state index is 0.222. The van der Waals surface area contributed by atoms with Crippen molar-refractivity contribution >= 4 is 33.7 Å². The van der Waals surface area contributed by atoms with Crippen molar-refractivity contribution in [1.82, 2.24) is 19.5 Å². The van der Waals surface area contributed by atoms with Crippen LogP contribution in [0.4, 0.5) is 11.4 Å². The number of hydrogen-bond donors (Lipinski definition) is 0. The van der Waals surface area contributed by atoms with Gasteiger partial charge in [-0.25, -0.2) is 15.0 Å². The summed E-state index contributed by atoms with van der Waals surface area (Å²) in [6, 6.07) is 16.6. The molecule has 2 aromatic heterocycles. The Labute approximate surface area is 186 Å². The quantitative estimate of drug-likeness (QED) is 0.282. The second kappa shape index (κ2) is 7.45. The van der Waals surface area contributed by atoms with Crippen molar-refractivity contribution in [1.29, 1.82) is 0 Å². The molecule has 10 nitrogen and oxygen atoms in total. The van der Waals surface area contributed by atoms with Gasteiger partial charge < -0.3 is 0 Å². The molecule has 0 aliphatic rings. The van der Waals surface area contributed by atoms with Crippen molar-refractivity contribution in [3.8, 4) is 17.1 Å². The van der Waals surface area contributed by atoms with Crippen LogP contribution in [0, 0.1) is 34.1 Å². The van der Waals surface area contributed by atoms with E-state index >= 15 is 0 Å². The Kier molecular flexibility index (Phi) is 4.56. The fourth-order valence-electron chi connectivity index (χ4n) is 3.87. The summed E-state index contributed by atoms with van der Waals surface area (Å²) < 4.78 is 1.74. The van der Waals surface area contributed by atoms with Crippen molar-refractivity contribution in [2.45, 2.75) is 13.8 Å². The lowest BCUT2D eigenvalue weighted by Gasteiger charge is -2.12. The highest BCUT2D eigenvalue weighted by Crippen LogP contribution is 2.34. The SMILES string of the molecule is Cc1ccc(-n2c(-c3cc([N+](=O)[O-])cc([N+](=O)[O-])c3)nc3nc4ccccc4nc32)c(C)c1. The molecule has 0 amide bonds. The number of rotatable bonds is 4. The average Bonchev–Trinajstić information content (AvgIpc) is 3.15. The van der Waals surface area contributed by atoms with Crippen LogP contribution in [0.25, 0.3) is 39.4 Å². The molecule has 0 radical (unpaired) electrons. The Morgan fingerprint density at radius 1 is 0.788 bits per heavy atom. The van der Waals surface area contributed by atoms with E-state index < -0.39 is 21.2 Å². The molecule has 10 heteroatoms. The summed E-state index contributed by atoms with van der Waals surface area (Å²) in [4.78, 5) is 35.6. The zero-order valence-electron chi connectivity index (χ0n) is 17.6. The van der Waals surface area contributed by atoms with Gasteiger partial charge >= 0.3 is 0 Å². The average molecular weight is 440 g/mol. The predicted octanol–water partition coefficient (Wildman–Crippen LogP) is 5.07. The Hall–Kier alpha value is -4.73. The standard InChI is InChI=1S/C23H16N6O4/c1-13-7-8-20(14(2)9-13)27-22(15-10-16(28(30)31)12-17(11-15)29(32)33)26-21-23(27)25-19-6-4-3-5-18(19)24-21/h3-12H,1-2H3. The summed E-state index contributed by atoms with van der Waals surface area (Å²) in [6.45, 7) is 3.91. The van der Waals surface area contributed by atoms with E-state index in [0.717, 1.165) is 22.9 Å². The zero-order chi connectivity index (χ0) is 23.3. The third-order valence-electron chi connectivity index (χ3n) is 5.35. The molecule has 0 saturated heterocycles. The second-order valence-electron chi connectivity index (χ2n) is 7.67. The van der Waals surface area contributed by atoms with Crippen LogP contribution >= 0.6 is 0 Å².